The molecule has 3 aliphatic carbocycles. The Balaban J connectivity index is 0.000000587. The van der Waals surface area contributed by atoms with Crippen molar-refractivity contribution in [3.05, 3.63) is 29.3 Å². The van der Waals surface area contributed by atoms with Crippen LogP contribution in [-0.4, -0.2) is 50.0 Å². The van der Waals surface area contributed by atoms with Crippen LogP contribution in [0.1, 0.15) is 95.6 Å². The Kier molecular flexibility index (Phi) is 12.5. The lowest BCUT2D eigenvalue weighted by atomic mass is 9.55. The molecule has 9 nitrogen and oxygen atoms in total. The number of benzene rings is 1. The molecule has 1 aromatic carbocycles. The molecule has 3 N–H and O–H groups in total. The number of nitrogens with one attached hydrogen (secondary N) is 3. The van der Waals surface area contributed by atoms with Crippen LogP contribution >= 0.6 is 12.8 Å². The van der Waals surface area contributed by atoms with Gasteiger partial charge in [-0.3, -0.25) is 23.9 Å². The number of carbonyl (C=O) groups is 4. The number of hydrogen-bond acceptors (Lipinski definition) is 8. The van der Waals surface area contributed by atoms with Crippen LogP contribution in [0, 0.1) is 17.3 Å². The minimum absolute atomic E-state index is 0.0489. The van der Waals surface area contributed by atoms with Crippen molar-refractivity contribution >= 4 is 36.6 Å². The van der Waals surface area contributed by atoms with Crippen LogP contribution in [-0.2, 0) is 30.3 Å². The van der Waals surface area contributed by atoms with Crippen LogP contribution in [0.4, 0.5) is 0 Å². The monoisotopic (exact) mass is 589 g/mol. The molecular weight excluding hydrogens is 542 g/mol. The van der Waals surface area contributed by atoms with Gasteiger partial charge in [-0.2, -0.15) is 0 Å². The number of carbonyl (C=O) groups excluding carboxylic acids is 4. The van der Waals surface area contributed by atoms with Gasteiger partial charge in [0, 0.05) is 32.4 Å². The SMILES string of the molecule is CCCCNC(=O)CCC(=O)Oc1ccc2c(c1)CCC1C2CCC2(C)C(OC(C)=O)CCC12.CNC(=O)CNS. The zero-order valence-corrected chi connectivity index (χ0v) is 25.8. The van der Waals surface area contributed by atoms with Crippen LogP contribution in [0.15, 0.2) is 18.2 Å². The van der Waals surface area contributed by atoms with E-state index in [1.165, 1.54) is 18.1 Å². The fourth-order valence-corrected chi connectivity index (χ4v) is 7.16. The minimum Gasteiger partial charge on any atom is -0.462 e. The van der Waals surface area contributed by atoms with Crippen LogP contribution in [0.25, 0.3) is 0 Å². The first kappa shape index (κ1) is 32.9. The van der Waals surface area contributed by atoms with Gasteiger partial charge in [0.25, 0.3) is 0 Å². The number of likely N-dealkylation sites (N-methyl/N-ethyl adjacent to an activating group) is 1. The van der Waals surface area contributed by atoms with E-state index >= 15 is 0 Å². The van der Waals surface area contributed by atoms with E-state index in [0.29, 0.717) is 30.0 Å². The third-order valence-corrected chi connectivity index (χ3v) is 9.24. The van der Waals surface area contributed by atoms with Gasteiger partial charge in [-0.1, -0.05) is 39.1 Å². The molecule has 0 spiro atoms. The van der Waals surface area contributed by atoms with Gasteiger partial charge in [0.1, 0.15) is 11.9 Å². The van der Waals surface area contributed by atoms with Gasteiger partial charge < -0.3 is 20.1 Å². The first-order valence-corrected chi connectivity index (χ1v) is 15.4. The maximum Gasteiger partial charge on any atom is 0.311 e. The first-order valence-electron chi connectivity index (χ1n) is 15.0. The molecule has 41 heavy (non-hydrogen) atoms. The summed E-state index contributed by atoms with van der Waals surface area (Å²) in [6, 6.07) is 6.08. The third kappa shape index (κ3) is 8.70. The summed E-state index contributed by atoms with van der Waals surface area (Å²) in [6.45, 7) is 6.84. The number of rotatable bonds is 10. The smallest absolute Gasteiger partial charge is 0.311 e. The van der Waals surface area contributed by atoms with E-state index in [2.05, 4.69) is 48.1 Å². The summed E-state index contributed by atoms with van der Waals surface area (Å²) in [5, 5.41) is 5.24. The molecule has 0 heterocycles. The molecule has 228 valence electrons. The largest absolute Gasteiger partial charge is 0.462 e. The van der Waals surface area contributed by atoms with Gasteiger partial charge in [0.05, 0.1) is 13.0 Å². The quantitative estimate of drug-likeness (QED) is 0.139. The summed E-state index contributed by atoms with van der Waals surface area (Å²) in [7, 11) is 1.58. The van der Waals surface area contributed by atoms with E-state index in [4.69, 9.17) is 9.47 Å². The summed E-state index contributed by atoms with van der Waals surface area (Å²) < 4.78 is 13.7. The molecule has 5 atom stereocenters. The van der Waals surface area contributed by atoms with Crippen LogP contribution < -0.4 is 20.1 Å². The van der Waals surface area contributed by atoms with Crippen molar-refractivity contribution in [1.29, 1.82) is 0 Å². The van der Waals surface area contributed by atoms with Gasteiger partial charge in [-0.25, -0.2) is 0 Å². The Hall–Kier alpha value is -2.59. The minimum atomic E-state index is -0.366. The number of thiol groups is 1. The molecule has 0 bridgehead atoms. The van der Waals surface area contributed by atoms with Crippen LogP contribution in [0.3, 0.4) is 0 Å². The van der Waals surface area contributed by atoms with Crippen molar-refractivity contribution in [2.75, 3.05) is 20.1 Å². The average molecular weight is 590 g/mol. The first-order chi connectivity index (χ1) is 19.6. The Bertz CT molecular complexity index is 1080. The zero-order chi connectivity index (χ0) is 30.0. The molecule has 5 unspecified atom stereocenters. The highest BCUT2D eigenvalue weighted by Crippen LogP contribution is 2.61. The predicted molar refractivity (Wildman–Crippen MR) is 160 cm³/mol. The molecule has 2 amide bonds. The van der Waals surface area contributed by atoms with Crippen molar-refractivity contribution in [2.24, 2.45) is 17.3 Å². The van der Waals surface area contributed by atoms with E-state index in [-0.39, 0.29) is 54.7 Å². The number of esters is 2. The van der Waals surface area contributed by atoms with E-state index in [9.17, 15) is 19.2 Å². The average Bonchev–Trinajstić information content (AvgIpc) is 3.27. The van der Waals surface area contributed by atoms with E-state index in [0.717, 1.165) is 51.4 Å². The maximum atomic E-state index is 12.3. The van der Waals surface area contributed by atoms with Gasteiger partial charge >= 0.3 is 11.9 Å². The molecule has 0 radical (unpaired) electrons. The summed E-state index contributed by atoms with van der Waals surface area (Å²) >= 11 is 3.60. The molecule has 2 fully saturated rings. The summed E-state index contributed by atoms with van der Waals surface area (Å²) in [4.78, 5) is 45.9. The molecule has 1 aromatic rings. The number of aryl methyl sites for hydroxylation is 1. The van der Waals surface area contributed by atoms with Crippen molar-refractivity contribution in [3.63, 3.8) is 0 Å². The molecule has 3 aliphatic rings. The van der Waals surface area contributed by atoms with Crippen molar-refractivity contribution < 1.29 is 28.7 Å². The lowest BCUT2D eigenvalue weighted by molar-refractivity contribution is -0.154. The van der Waals surface area contributed by atoms with E-state index in [1.54, 1.807) is 7.05 Å². The topological polar surface area (TPSA) is 123 Å². The number of amides is 2. The lowest BCUT2D eigenvalue weighted by Gasteiger charge is -2.50. The van der Waals surface area contributed by atoms with Crippen molar-refractivity contribution in [3.8, 4) is 5.75 Å². The second-order valence-corrected chi connectivity index (χ2v) is 12.0. The van der Waals surface area contributed by atoms with Crippen LogP contribution in [0.5, 0.6) is 5.75 Å². The van der Waals surface area contributed by atoms with Crippen molar-refractivity contribution in [1.82, 2.24) is 15.4 Å². The van der Waals surface area contributed by atoms with Crippen LogP contribution in [0.2, 0.25) is 0 Å². The van der Waals surface area contributed by atoms with Gasteiger partial charge in [-0.05, 0) is 86.0 Å². The third-order valence-electron chi connectivity index (χ3n) is 9.08. The second-order valence-electron chi connectivity index (χ2n) is 11.7. The Morgan fingerprint density at radius 3 is 2.51 bits per heavy atom. The van der Waals surface area contributed by atoms with Gasteiger partial charge in [-0.15, -0.1) is 0 Å². The Morgan fingerprint density at radius 2 is 1.85 bits per heavy atom. The maximum absolute atomic E-state index is 12.3. The van der Waals surface area contributed by atoms with E-state index in [1.807, 2.05) is 12.1 Å². The molecule has 0 saturated heterocycles. The summed E-state index contributed by atoms with van der Waals surface area (Å²) in [5.74, 6) is 1.61. The fraction of sp³-hybridized carbons (Fsp3) is 0.677. The van der Waals surface area contributed by atoms with E-state index < -0.39 is 0 Å². The highest BCUT2D eigenvalue weighted by Gasteiger charge is 2.56. The fourth-order valence-electron chi connectivity index (χ4n) is 7.02. The molecule has 0 aliphatic heterocycles. The number of fused-ring (bicyclic) bond motifs is 5. The summed E-state index contributed by atoms with van der Waals surface area (Å²) in [6.07, 6.45) is 8.66. The lowest BCUT2D eigenvalue weighted by Crippen LogP contribution is -2.45. The molecular formula is C31H47N3O6S. The summed E-state index contributed by atoms with van der Waals surface area (Å²) in [5.41, 5.74) is 2.76. The normalized spacial score (nSPS) is 25.8. The van der Waals surface area contributed by atoms with Gasteiger partial charge in [0.2, 0.25) is 11.8 Å². The number of unbranched alkanes of at least 4 members (excludes halogenated alkanes) is 1. The molecule has 10 heteroatoms. The molecule has 0 aromatic heterocycles. The molecule has 2 saturated carbocycles. The zero-order valence-electron chi connectivity index (χ0n) is 24.9. The second kappa shape index (κ2) is 15.6. The Morgan fingerprint density at radius 1 is 1.07 bits per heavy atom. The predicted octanol–water partition coefficient (Wildman–Crippen LogP) is 4.24. The molecule has 4 rings (SSSR count). The highest BCUT2D eigenvalue weighted by molar-refractivity contribution is 7.78. The van der Waals surface area contributed by atoms with Gasteiger partial charge in [0.15, 0.2) is 0 Å². The highest BCUT2D eigenvalue weighted by atomic mass is 32.1. The van der Waals surface area contributed by atoms with Crippen molar-refractivity contribution in [2.45, 2.75) is 97.0 Å². The standard InChI is InChI=1S/C28H39NO5.C3H8N2OS/c1-4-5-16-29-26(31)12-13-27(32)34-20-7-9-21-19(17-20)6-8-23-22(21)14-15-28(3)24(23)10-11-25(28)33-18(2)30;1-4-3(6)2-5-7/h7,9,17,22-25H,4-6,8,10-16H2,1-3H3,(H,29,31);5,7H,2H2,1H3,(H,4,6). The number of ether oxygens (including phenoxy) is 2. The Labute approximate surface area is 249 Å². The number of hydrogen-bond donors (Lipinski definition) is 4.